The molecule has 0 N–H and O–H groups in total. The Balaban J connectivity index is 2.11. The van der Waals surface area contributed by atoms with Gasteiger partial charge in [-0.3, -0.25) is 4.79 Å². The summed E-state index contributed by atoms with van der Waals surface area (Å²) in [7, 11) is 1.44. The zero-order valence-corrected chi connectivity index (χ0v) is 13.5. The quantitative estimate of drug-likeness (QED) is 0.775. The van der Waals surface area contributed by atoms with Crippen LogP contribution in [-0.2, 0) is 14.9 Å². The van der Waals surface area contributed by atoms with Gasteiger partial charge in [-0.25, -0.2) is 0 Å². The number of halogens is 1. The summed E-state index contributed by atoms with van der Waals surface area (Å²) in [4.78, 5) is 12.5. The summed E-state index contributed by atoms with van der Waals surface area (Å²) >= 11 is 3.43. The number of carbonyl (C=O) groups excluding carboxylic acids is 1. The highest BCUT2D eigenvalue weighted by molar-refractivity contribution is 9.10. The fraction of sp³-hybridized carbons (Fsp3) is 0.167. The predicted octanol–water partition coefficient (Wildman–Crippen LogP) is 4.35. The number of methoxy groups -OCH3 is 1. The fourth-order valence-electron chi connectivity index (χ4n) is 3.03. The highest BCUT2D eigenvalue weighted by atomic mass is 79.9. The summed E-state index contributed by atoms with van der Waals surface area (Å²) in [6, 6.07) is 17.9. The topological polar surface area (TPSA) is 26.3 Å². The Morgan fingerprint density at radius 2 is 1.67 bits per heavy atom. The van der Waals surface area contributed by atoms with Crippen molar-refractivity contribution >= 4 is 27.5 Å². The molecule has 3 rings (SSSR count). The molecule has 0 spiro atoms. The second-order valence-electron chi connectivity index (χ2n) is 5.11. The zero-order valence-electron chi connectivity index (χ0n) is 11.9. The number of rotatable bonds is 3. The van der Waals surface area contributed by atoms with Crippen molar-refractivity contribution in [2.24, 2.45) is 0 Å². The number of carbonyl (C=O) groups is 1. The van der Waals surface area contributed by atoms with Crippen LogP contribution >= 0.6 is 15.9 Å². The van der Waals surface area contributed by atoms with Crippen molar-refractivity contribution in [2.75, 3.05) is 7.11 Å². The molecule has 0 amide bonds. The molecule has 0 saturated heterocycles. The van der Waals surface area contributed by atoms with Crippen LogP contribution < -0.4 is 0 Å². The van der Waals surface area contributed by atoms with E-state index in [1.54, 1.807) is 0 Å². The highest BCUT2D eigenvalue weighted by Crippen LogP contribution is 2.60. The van der Waals surface area contributed by atoms with Gasteiger partial charge in [0.2, 0.25) is 0 Å². The van der Waals surface area contributed by atoms with Crippen LogP contribution in [-0.4, -0.2) is 13.1 Å². The van der Waals surface area contributed by atoms with E-state index in [-0.39, 0.29) is 5.97 Å². The average Bonchev–Trinajstić information content (AvgIpc) is 3.14. The van der Waals surface area contributed by atoms with E-state index in [4.69, 9.17) is 4.74 Å². The van der Waals surface area contributed by atoms with Crippen LogP contribution in [0.2, 0.25) is 0 Å². The van der Waals surface area contributed by atoms with Gasteiger partial charge in [0.25, 0.3) is 0 Å². The number of hydrogen-bond acceptors (Lipinski definition) is 2. The highest BCUT2D eigenvalue weighted by Gasteiger charge is 2.59. The first kappa shape index (κ1) is 14.1. The lowest BCUT2D eigenvalue weighted by Gasteiger charge is -2.18. The van der Waals surface area contributed by atoms with Gasteiger partial charge in [-0.1, -0.05) is 58.4 Å². The van der Waals surface area contributed by atoms with E-state index < -0.39 is 5.41 Å². The molecule has 0 bridgehead atoms. The second kappa shape index (κ2) is 5.15. The molecule has 0 saturated carbocycles. The number of ether oxygens (including phenoxy) is 1. The number of esters is 1. The summed E-state index contributed by atoms with van der Waals surface area (Å²) in [5.41, 5.74) is 3.41. The number of hydrogen-bond donors (Lipinski definition) is 0. The third-order valence-corrected chi connectivity index (χ3v) is 4.61. The lowest BCUT2D eigenvalue weighted by atomic mass is 9.86. The molecule has 0 aliphatic heterocycles. The van der Waals surface area contributed by atoms with E-state index in [2.05, 4.69) is 15.9 Å². The van der Waals surface area contributed by atoms with Gasteiger partial charge in [-0.2, -0.15) is 0 Å². The molecule has 2 aromatic carbocycles. The van der Waals surface area contributed by atoms with Gasteiger partial charge in [0.1, 0.15) is 5.41 Å². The maximum atomic E-state index is 12.5. The third kappa shape index (κ3) is 2.04. The summed E-state index contributed by atoms with van der Waals surface area (Å²) in [5.74, 6) is -0.221. The Labute approximate surface area is 132 Å². The van der Waals surface area contributed by atoms with Crippen LogP contribution in [0.15, 0.2) is 64.6 Å². The zero-order chi connectivity index (χ0) is 15.0. The van der Waals surface area contributed by atoms with Crippen molar-refractivity contribution in [1.82, 2.24) is 0 Å². The first-order valence-electron chi connectivity index (χ1n) is 6.74. The second-order valence-corrected chi connectivity index (χ2v) is 6.03. The van der Waals surface area contributed by atoms with Crippen molar-refractivity contribution in [1.29, 1.82) is 0 Å². The van der Waals surface area contributed by atoms with E-state index in [0.29, 0.717) is 0 Å². The minimum atomic E-state index is -0.725. The minimum absolute atomic E-state index is 0.221. The molecule has 0 aromatic heterocycles. The molecule has 2 aromatic rings. The van der Waals surface area contributed by atoms with Gasteiger partial charge in [-0.05, 0) is 41.3 Å². The standard InChI is InChI=1S/C18H15BrO2/c1-12-16(13-6-4-3-5-7-13)18(12,17(20)21-2)14-8-10-15(19)11-9-14/h3-11H,1-2H3. The van der Waals surface area contributed by atoms with Crippen LogP contribution in [0.1, 0.15) is 18.1 Å². The van der Waals surface area contributed by atoms with E-state index in [1.165, 1.54) is 7.11 Å². The summed E-state index contributed by atoms with van der Waals surface area (Å²) in [6.45, 7) is 2.00. The molecule has 3 heteroatoms. The smallest absolute Gasteiger partial charge is 0.325 e. The fourth-order valence-corrected chi connectivity index (χ4v) is 3.30. The van der Waals surface area contributed by atoms with Gasteiger partial charge >= 0.3 is 5.97 Å². The molecule has 21 heavy (non-hydrogen) atoms. The maximum absolute atomic E-state index is 12.5. The third-order valence-electron chi connectivity index (χ3n) is 4.08. The molecule has 1 aliphatic carbocycles. The van der Waals surface area contributed by atoms with Crippen LogP contribution in [0.5, 0.6) is 0 Å². The van der Waals surface area contributed by atoms with Crippen LogP contribution in [0.3, 0.4) is 0 Å². The molecule has 1 unspecified atom stereocenters. The lowest BCUT2D eigenvalue weighted by Crippen LogP contribution is -2.27. The Hall–Kier alpha value is -1.87. The average molecular weight is 343 g/mol. The SMILES string of the molecule is COC(=O)C1(c2ccc(Br)cc2)C(C)=C1c1ccccc1. The summed E-state index contributed by atoms with van der Waals surface area (Å²) in [5, 5.41) is 0. The minimum Gasteiger partial charge on any atom is -0.468 e. The van der Waals surface area contributed by atoms with Crippen molar-refractivity contribution in [2.45, 2.75) is 12.3 Å². The molecule has 2 nitrogen and oxygen atoms in total. The van der Waals surface area contributed by atoms with Gasteiger partial charge in [-0.15, -0.1) is 0 Å². The molecule has 0 radical (unpaired) electrons. The van der Waals surface area contributed by atoms with Gasteiger partial charge in [0, 0.05) is 4.47 Å². The lowest BCUT2D eigenvalue weighted by molar-refractivity contribution is -0.142. The predicted molar refractivity (Wildman–Crippen MR) is 86.9 cm³/mol. The molecule has 0 heterocycles. The largest absolute Gasteiger partial charge is 0.468 e. The first-order valence-corrected chi connectivity index (χ1v) is 7.53. The Kier molecular flexibility index (Phi) is 3.46. The molecule has 1 aliphatic rings. The maximum Gasteiger partial charge on any atom is 0.325 e. The normalized spacial score (nSPS) is 20.3. The van der Waals surface area contributed by atoms with Crippen molar-refractivity contribution in [3.8, 4) is 0 Å². The molecule has 1 atom stereocenters. The van der Waals surface area contributed by atoms with Crippen LogP contribution in [0.4, 0.5) is 0 Å². The summed E-state index contributed by atoms with van der Waals surface area (Å²) in [6.07, 6.45) is 0. The molecular weight excluding hydrogens is 328 g/mol. The van der Waals surface area contributed by atoms with Gasteiger partial charge in [0.15, 0.2) is 0 Å². The monoisotopic (exact) mass is 342 g/mol. The number of benzene rings is 2. The molecule has 0 fully saturated rings. The van der Waals surface area contributed by atoms with E-state index in [0.717, 1.165) is 26.7 Å². The van der Waals surface area contributed by atoms with Crippen molar-refractivity contribution in [3.05, 3.63) is 75.8 Å². The van der Waals surface area contributed by atoms with Gasteiger partial charge < -0.3 is 4.74 Å². The Bertz CT molecular complexity index is 717. The van der Waals surface area contributed by atoms with Gasteiger partial charge in [0.05, 0.1) is 7.11 Å². The Morgan fingerprint density at radius 1 is 1.05 bits per heavy atom. The molecular formula is C18H15BrO2. The van der Waals surface area contributed by atoms with Crippen LogP contribution in [0, 0.1) is 0 Å². The van der Waals surface area contributed by atoms with Crippen molar-refractivity contribution < 1.29 is 9.53 Å². The van der Waals surface area contributed by atoms with E-state index >= 15 is 0 Å². The van der Waals surface area contributed by atoms with E-state index in [9.17, 15) is 4.79 Å². The van der Waals surface area contributed by atoms with E-state index in [1.807, 2.05) is 61.5 Å². The molecule has 106 valence electrons. The Morgan fingerprint density at radius 3 is 2.24 bits per heavy atom. The summed E-state index contributed by atoms with van der Waals surface area (Å²) < 4.78 is 6.08. The van der Waals surface area contributed by atoms with Crippen molar-refractivity contribution in [3.63, 3.8) is 0 Å². The van der Waals surface area contributed by atoms with Crippen LogP contribution in [0.25, 0.3) is 5.57 Å². The first-order chi connectivity index (χ1) is 10.1.